The van der Waals surface area contributed by atoms with Crippen molar-refractivity contribution >= 4 is 17.5 Å². The van der Waals surface area contributed by atoms with E-state index >= 15 is 0 Å². The van der Waals surface area contributed by atoms with Crippen LogP contribution >= 0.6 is 0 Å². The van der Waals surface area contributed by atoms with E-state index in [2.05, 4.69) is 10.6 Å². The number of ether oxygens (including phenoxy) is 1. The minimum absolute atomic E-state index is 0.287. The molecule has 5 nitrogen and oxygen atoms in total. The number of rotatable bonds is 6. The molecule has 3 rings (SSSR count). The van der Waals surface area contributed by atoms with Crippen LogP contribution in [0.4, 0.5) is 5.69 Å². The quantitative estimate of drug-likeness (QED) is 0.665. The first-order valence-corrected chi connectivity index (χ1v) is 9.02. The van der Waals surface area contributed by atoms with E-state index in [0.717, 1.165) is 5.75 Å². The molecule has 0 saturated carbocycles. The average Bonchev–Trinajstić information content (AvgIpc) is 2.71. The first-order chi connectivity index (χ1) is 13.5. The summed E-state index contributed by atoms with van der Waals surface area (Å²) in [6, 6.07) is 23.0. The van der Waals surface area contributed by atoms with E-state index in [-0.39, 0.29) is 11.8 Å². The van der Waals surface area contributed by atoms with Crippen LogP contribution in [-0.2, 0) is 4.79 Å². The molecule has 0 heterocycles. The minimum Gasteiger partial charge on any atom is -0.457 e. The predicted octanol–water partition coefficient (Wildman–Crippen LogP) is 4.54. The zero-order valence-electron chi connectivity index (χ0n) is 15.8. The molecule has 2 N–H and O–H groups in total. The van der Waals surface area contributed by atoms with Gasteiger partial charge in [-0.05, 0) is 62.4 Å². The van der Waals surface area contributed by atoms with Crippen LogP contribution < -0.4 is 15.4 Å². The summed E-state index contributed by atoms with van der Waals surface area (Å²) >= 11 is 0. The Bertz CT molecular complexity index is 936. The Balaban J connectivity index is 1.54. The molecule has 142 valence electrons. The van der Waals surface area contributed by atoms with Crippen LogP contribution in [0.1, 0.15) is 22.8 Å². The molecule has 0 aliphatic carbocycles. The second-order valence-corrected chi connectivity index (χ2v) is 6.49. The lowest BCUT2D eigenvalue weighted by atomic mass is 10.2. The largest absolute Gasteiger partial charge is 0.457 e. The summed E-state index contributed by atoms with van der Waals surface area (Å²) in [5, 5.41) is 5.48. The molecule has 5 heteroatoms. The number of carbonyl (C=O) groups is 2. The fraction of sp³-hybridized carbons (Fsp3) is 0.130. The van der Waals surface area contributed by atoms with E-state index in [1.54, 1.807) is 55.5 Å². The van der Waals surface area contributed by atoms with Gasteiger partial charge in [0.2, 0.25) is 5.91 Å². The molecule has 0 aliphatic heterocycles. The summed E-state index contributed by atoms with van der Waals surface area (Å²) in [5.41, 5.74) is 2.31. The van der Waals surface area contributed by atoms with Crippen molar-refractivity contribution in [2.75, 3.05) is 5.32 Å². The molecular weight excluding hydrogens is 352 g/mol. The molecule has 1 unspecified atom stereocenters. The second kappa shape index (κ2) is 8.86. The third-order valence-electron chi connectivity index (χ3n) is 4.16. The molecule has 0 radical (unpaired) electrons. The molecule has 0 saturated heterocycles. The molecular formula is C23H22N2O3. The number of aryl methyl sites for hydroxylation is 1. The number of anilines is 1. The van der Waals surface area contributed by atoms with Gasteiger partial charge in [0, 0.05) is 11.3 Å². The molecule has 0 bridgehead atoms. The van der Waals surface area contributed by atoms with Gasteiger partial charge in [0.1, 0.15) is 17.5 Å². The van der Waals surface area contributed by atoms with E-state index in [9.17, 15) is 9.59 Å². The van der Waals surface area contributed by atoms with Gasteiger partial charge in [-0.15, -0.1) is 0 Å². The van der Waals surface area contributed by atoms with Crippen molar-refractivity contribution in [3.63, 3.8) is 0 Å². The van der Waals surface area contributed by atoms with Crippen LogP contribution in [0.25, 0.3) is 0 Å². The van der Waals surface area contributed by atoms with Crippen LogP contribution in [0.3, 0.4) is 0 Å². The van der Waals surface area contributed by atoms with E-state index in [0.29, 0.717) is 17.0 Å². The van der Waals surface area contributed by atoms with Gasteiger partial charge < -0.3 is 15.4 Å². The van der Waals surface area contributed by atoms with Crippen molar-refractivity contribution in [2.24, 2.45) is 0 Å². The van der Waals surface area contributed by atoms with Gasteiger partial charge in [-0.1, -0.05) is 35.9 Å². The van der Waals surface area contributed by atoms with Gasteiger partial charge >= 0.3 is 0 Å². The first kappa shape index (κ1) is 19.2. The average molecular weight is 374 g/mol. The summed E-state index contributed by atoms with van der Waals surface area (Å²) < 4.78 is 5.77. The fourth-order valence-corrected chi connectivity index (χ4v) is 2.53. The minimum atomic E-state index is -0.670. The van der Waals surface area contributed by atoms with Gasteiger partial charge in [-0.2, -0.15) is 0 Å². The van der Waals surface area contributed by atoms with Crippen LogP contribution in [-0.4, -0.2) is 17.9 Å². The van der Waals surface area contributed by atoms with Crippen molar-refractivity contribution in [2.45, 2.75) is 19.9 Å². The highest BCUT2D eigenvalue weighted by Crippen LogP contribution is 2.23. The zero-order valence-corrected chi connectivity index (χ0v) is 15.8. The maximum Gasteiger partial charge on any atom is 0.251 e. The third kappa shape index (κ3) is 5.20. The van der Waals surface area contributed by atoms with Crippen LogP contribution in [0.15, 0.2) is 78.9 Å². The van der Waals surface area contributed by atoms with E-state index in [4.69, 9.17) is 4.74 Å². The lowest BCUT2D eigenvalue weighted by Crippen LogP contribution is -2.41. The van der Waals surface area contributed by atoms with Gasteiger partial charge in [-0.25, -0.2) is 0 Å². The van der Waals surface area contributed by atoms with Crippen molar-refractivity contribution in [3.05, 3.63) is 90.0 Å². The Kier molecular flexibility index (Phi) is 6.07. The molecule has 3 aromatic rings. The van der Waals surface area contributed by atoms with Gasteiger partial charge in [-0.3, -0.25) is 9.59 Å². The smallest absolute Gasteiger partial charge is 0.251 e. The van der Waals surface area contributed by atoms with Crippen LogP contribution in [0.2, 0.25) is 0 Å². The molecule has 28 heavy (non-hydrogen) atoms. The molecule has 0 aromatic heterocycles. The Morgan fingerprint density at radius 1 is 0.821 bits per heavy atom. The first-order valence-electron chi connectivity index (χ1n) is 9.02. The van der Waals surface area contributed by atoms with Crippen molar-refractivity contribution in [1.29, 1.82) is 0 Å². The third-order valence-corrected chi connectivity index (χ3v) is 4.16. The maximum absolute atomic E-state index is 12.3. The molecule has 3 aromatic carbocycles. The fourth-order valence-electron chi connectivity index (χ4n) is 2.53. The number of benzene rings is 3. The number of hydrogen-bond acceptors (Lipinski definition) is 3. The molecule has 0 fully saturated rings. The SMILES string of the molecule is Cc1ccc(Oc2ccc(NC(=O)C(C)NC(=O)c3ccccc3)cc2)cc1. The van der Waals surface area contributed by atoms with E-state index in [1.807, 2.05) is 37.3 Å². The Labute approximate surface area is 164 Å². The zero-order chi connectivity index (χ0) is 19.9. The van der Waals surface area contributed by atoms with Crippen molar-refractivity contribution in [1.82, 2.24) is 5.32 Å². The molecule has 0 spiro atoms. The monoisotopic (exact) mass is 374 g/mol. The van der Waals surface area contributed by atoms with Gasteiger partial charge in [0.15, 0.2) is 0 Å². The summed E-state index contributed by atoms with van der Waals surface area (Å²) in [6.45, 7) is 3.66. The summed E-state index contributed by atoms with van der Waals surface area (Å²) in [5.74, 6) is 0.841. The lowest BCUT2D eigenvalue weighted by Gasteiger charge is -2.14. The normalized spacial score (nSPS) is 11.4. The molecule has 0 aliphatic rings. The second-order valence-electron chi connectivity index (χ2n) is 6.49. The Hall–Kier alpha value is -3.60. The number of nitrogens with one attached hydrogen (secondary N) is 2. The number of carbonyl (C=O) groups excluding carboxylic acids is 2. The Morgan fingerprint density at radius 2 is 1.39 bits per heavy atom. The van der Waals surface area contributed by atoms with E-state index < -0.39 is 6.04 Å². The summed E-state index contributed by atoms with van der Waals surface area (Å²) in [4.78, 5) is 24.5. The molecule has 1 atom stereocenters. The summed E-state index contributed by atoms with van der Waals surface area (Å²) in [6.07, 6.45) is 0. The van der Waals surface area contributed by atoms with Gasteiger partial charge in [0.05, 0.1) is 0 Å². The van der Waals surface area contributed by atoms with Crippen molar-refractivity contribution in [3.8, 4) is 11.5 Å². The summed E-state index contributed by atoms with van der Waals surface area (Å²) in [7, 11) is 0. The highest BCUT2D eigenvalue weighted by Gasteiger charge is 2.16. The molecule has 2 amide bonds. The highest BCUT2D eigenvalue weighted by atomic mass is 16.5. The number of hydrogen-bond donors (Lipinski definition) is 2. The van der Waals surface area contributed by atoms with Gasteiger partial charge in [0.25, 0.3) is 5.91 Å². The van der Waals surface area contributed by atoms with Crippen LogP contribution in [0.5, 0.6) is 11.5 Å². The number of amides is 2. The maximum atomic E-state index is 12.3. The highest BCUT2D eigenvalue weighted by molar-refractivity contribution is 6.00. The standard InChI is InChI=1S/C23H22N2O3/c1-16-8-12-20(13-9-16)28-21-14-10-19(11-15-21)25-22(26)17(2)24-23(27)18-6-4-3-5-7-18/h3-15,17H,1-2H3,(H,24,27)(H,25,26). The topological polar surface area (TPSA) is 67.4 Å². The predicted molar refractivity (Wildman–Crippen MR) is 110 cm³/mol. The van der Waals surface area contributed by atoms with Crippen molar-refractivity contribution < 1.29 is 14.3 Å². The lowest BCUT2D eigenvalue weighted by molar-refractivity contribution is -0.117. The van der Waals surface area contributed by atoms with E-state index in [1.165, 1.54) is 5.56 Å². The Morgan fingerprint density at radius 3 is 2.00 bits per heavy atom. The van der Waals surface area contributed by atoms with Crippen LogP contribution in [0, 0.1) is 6.92 Å².